The Hall–Kier alpha value is -3.23. The maximum atomic E-state index is 12.8. The molecule has 0 aromatic heterocycles. The first-order chi connectivity index (χ1) is 29.6. The lowest BCUT2D eigenvalue weighted by molar-refractivity contribution is -0.887. The molecule has 0 saturated heterocycles. The molecule has 0 aromatic carbocycles. The Balaban J connectivity index is 4.32. The molecule has 0 amide bonds. The standard InChI is InChI=1S/C53H91NO7/c1-6-8-10-12-14-16-18-20-22-23-24-25-26-27-28-30-32-34-36-38-40-42-44-52(56)61-49(47-59-46-45-50(53(57)58)54(3,4)5)48-60-51(55)43-41-39-37-35-33-31-29-21-19-17-15-13-11-9-7-2/h9,11,13,15,17,19,21,26-27,29,31,33,49-50H,6-8,10,12,14,16,18,20,22-25,28,30,32,34-48H2,1-5H3/p+1/b11-9+,15-13+,19-17+,27-26+,29-21+,33-31+. The van der Waals surface area contributed by atoms with Gasteiger partial charge < -0.3 is 23.8 Å². The topological polar surface area (TPSA) is 99.1 Å². The normalized spacial score (nSPS) is 13.5. The minimum atomic E-state index is -0.884. The van der Waals surface area contributed by atoms with Gasteiger partial charge in [-0.1, -0.05) is 189 Å². The number of rotatable bonds is 43. The summed E-state index contributed by atoms with van der Waals surface area (Å²) in [6.07, 6.45) is 55.3. The lowest BCUT2D eigenvalue weighted by Crippen LogP contribution is -2.50. The van der Waals surface area contributed by atoms with E-state index in [1.807, 2.05) is 69.8 Å². The van der Waals surface area contributed by atoms with Gasteiger partial charge in [-0.05, 0) is 57.8 Å². The Morgan fingerprint density at radius 1 is 0.508 bits per heavy atom. The quantitative estimate of drug-likeness (QED) is 0.0214. The van der Waals surface area contributed by atoms with Crippen LogP contribution in [0.1, 0.15) is 194 Å². The number of ether oxygens (including phenoxy) is 3. The molecular weight excluding hydrogens is 763 g/mol. The first-order valence-electron chi connectivity index (χ1n) is 24.5. The summed E-state index contributed by atoms with van der Waals surface area (Å²) in [6, 6.07) is -0.626. The molecule has 0 fully saturated rings. The number of unbranched alkanes of at least 4 members (excludes halogenated alkanes) is 21. The van der Waals surface area contributed by atoms with Crippen LogP contribution in [0.3, 0.4) is 0 Å². The molecule has 61 heavy (non-hydrogen) atoms. The molecule has 0 aromatic rings. The fraction of sp³-hybridized carbons (Fsp3) is 0.717. The largest absolute Gasteiger partial charge is 0.477 e. The molecule has 0 aliphatic heterocycles. The van der Waals surface area contributed by atoms with E-state index in [-0.39, 0.29) is 36.2 Å². The van der Waals surface area contributed by atoms with Crippen molar-refractivity contribution in [1.29, 1.82) is 0 Å². The minimum Gasteiger partial charge on any atom is -0.477 e. The predicted octanol–water partition coefficient (Wildman–Crippen LogP) is 13.9. The van der Waals surface area contributed by atoms with Crippen molar-refractivity contribution in [3.8, 4) is 0 Å². The third-order valence-electron chi connectivity index (χ3n) is 10.7. The van der Waals surface area contributed by atoms with Gasteiger partial charge in [0.1, 0.15) is 6.61 Å². The molecule has 0 radical (unpaired) electrons. The molecule has 8 nitrogen and oxygen atoms in total. The van der Waals surface area contributed by atoms with Crippen LogP contribution in [0.15, 0.2) is 72.9 Å². The number of allylic oxidation sites excluding steroid dienone is 12. The maximum Gasteiger partial charge on any atom is 0.362 e. The van der Waals surface area contributed by atoms with Crippen molar-refractivity contribution in [2.24, 2.45) is 0 Å². The highest BCUT2D eigenvalue weighted by atomic mass is 16.6. The third kappa shape index (κ3) is 41.9. The highest BCUT2D eigenvalue weighted by molar-refractivity contribution is 5.72. The van der Waals surface area contributed by atoms with Crippen LogP contribution in [0, 0.1) is 0 Å². The maximum absolute atomic E-state index is 12.8. The molecule has 0 aliphatic rings. The summed E-state index contributed by atoms with van der Waals surface area (Å²) in [7, 11) is 5.51. The van der Waals surface area contributed by atoms with Crippen molar-refractivity contribution in [2.45, 2.75) is 206 Å². The number of carboxylic acid groups (broad SMARTS) is 1. The summed E-state index contributed by atoms with van der Waals surface area (Å²) < 4.78 is 17.3. The van der Waals surface area contributed by atoms with Crippen molar-refractivity contribution < 1.29 is 38.2 Å². The SMILES string of the molecule is CC/C=C/C=C/C=C/C=C/C=C/CCCCCC(=O)OCC(COCCC(C(=O)O)[N+](C)(C)C)OC(=O)CCCCCCCCC/C=C/CCCCCCCCCCCCC. The highest BCUT2D eigenvalue weighted by Crippen LogP contribution is 2.15. The van der Waals surface area contributed by atoms with E-state index >= 15 is 0 Å². The number of likely N-dealkylation sites (N-methyl/N-ethyl adjacent to an activating group) is 1. The Bertz CT molecular complexity index is 1230. The highest BCUT2D eigenvalue weighted by Gasteiger charge is 2.31. The summed E-state index contributed by atoms with van der Waals surface area (Å²) in [5, 5.41) is 9.64. The molecule has 0 rings (SSSR count). The van der Waals surface area contributed by atoms with E-state index in [1.54, 1.807) is 0 Å². The molecule has 2 unspecified atom stereocenters. The number of carboxylic acids is 1. The molecule has 1 N–H and O–H groups in total. The Labute approximate surface area is 374 Å². The molecule has 350 valence electrons. The van der Waals surface area contributed by atoms with Gasteiger partial charge >= 0.3 is 17.9 Å². The number of quaternary nitrogens is 1. The zero-order valence-corrected chi connectivity index (χ0v) is 39.8. The Morgan fingerprint density at radius 3 is 1.43 bits per heavy atom. The van der Waals surface area contributed by atoms with Crippen molar-refractivity contribution in [3.05, 3.63) is 72.9 Å². The fourth-order valence-electron chi connectivity index (χ4n) is 6.93. The van der Waals surface area contributed by atoms with Crippen molar-refractivity contribution >= 4 is 17.9 Å². The third-order valence-corrected chi connectivity index (χ3v) is 10.7. The predicted molar refractivity (Wildman–Crippen MR) is 257 cm³/mol. The van der Waals surface area contributed by atoms with Crippen molar-refractivity contribution in [2.75, 3.05) is 41.0 Å². The molecule has 0 saturated carbocycles. The van der Waals surface area contributed by atoms with E-state index in [9.17, 15) is 19.5 Å². The van der Waals surface area contributed by atoms with E-state index in [0.29, 0.717) is 19.3 Å². The van der Waals surface area contributed by atoms with Crippen LogP contribution in [-0.2, 0) is 28.6 Å². The van der Waals surface area contributed by atoms with Crippen LogP contribution in [0.2, 0.25) is 0 Å². The van der Waals surface area contributed by atoms with Crippen molar-refractivity contribution in [1.82, 2.24) is 0 Å². The molecule has 8 heteroatoms. The summed E-state index contributed by atoms with van der Waals surface area (Å²) in [5.41, 5.74) is 0. The Kier molecular flexibility index (Phi) is 41.1. The second-order valence-corrected chi connectivity index (χ2v) is 17.5. The average molecular weight is 855 g/mol. The molecule has 0 spiro atoms. The fourth-order valence-corrected chi connectivity index (χ4v) is 6.93. The average Bonchev–Trinajstić information content (AvgIpc) is 3.22. The first kappa shape index (κ1) is 57.8. The lowest BCUT2D eigenvalue weighted by Gasteiger charge is -2.31. The number of carbonyl (C=O) groups excluding carboxylic acids is 2. The van der Waals surface area contributed by atoms with Gasteiger partial charge in [0.05, 0.1) is 34.4 Å². The number of nitrogens with zero attached hydrogens (tertiary/aromatic N) is 1. The van der Waals surface area contributed by atoms with Crippen molar-refractivity contribution in [3.63, 3.8) is 0 Å². The van der Waals surface area contributed by atoms with E-state index in [4.69, 9.17) is 14.2 Å². The van der Waals surface area contributed by atoms with Crippen LogP contribution in [-0.4, -0.2) is 80.6 Å². The van der Waals surface area contributed by atoms with E-state index in [1.165, 1.54) is 109 Å². The van der Waals surface area contributed by atoms with Gasteiger partial charge in [-0.2, -0.15) is 0 Å². The smallest absolute Gasteiger partial charge is 0.362 e. The van der Waals surface area contributed by atoms with Crippen LogP contribution in [0.25, 0.3) is 0 Å². The number of hydrogen-bond donors (Lipinski definition) is 1. The molecule has 0 bridgehead atoms. The number of esters is 2. The van der Waals surface area contributed by atoms with Gasteiger partial charge in [0.2, 0.25) is 0 Å². The second-order valence-electron chi connectivity index (χ2n) is 17.5. The van der Waals surface area contributed by atoms with Gasteiger partial charge in [-0.15, -0.1) is 0 Å². The van der Waals surface area contributed by atoms with Gasteiger partial charge in [0.25, 0.3) is 0 Å². The van der Waals surface area contributed by atoms with Gasteiger partial charge in [-0.3, -0.25) is 9.59 Å². The van der Waals surface area contributed by atoms with Gasteiger partial charge in [-0.25, -0.2) is 4.79 Å². The Morgan fingerprint density at radius 2 is 0.934 bits per heavy atom. The molecule has 0 heterocycles. The van der Waals surface area contributed by atoms with Gasteiger partial charge in [0, 0.05) is 19.3 Å². The summed E-state index contributed by atoms with van der Waals surface area (Å²) >= 11 is 0. The summed E-state index contributed by atoms with van der Waals surface area (Å²) in [6.45, 7) is 4.55. The van der Waals surface area contributed by atoms with Crippen LogP contribution in [0.5, 0.6) is 0 Å². The molecular formula is C53H92NO7+. The number of aliphatic carboxylic acids is 1. The number of carbonyl (C=O) groups is 3. The van der Waals surface area contributed by atoms with E-state index < -0.39 is 18.1 Å². The summed E-state index contributed by atoms with van der Waals surface area (Å²) in [4.78, 5) is 37.1. The zero-order chi connectivity index (χ0) is 44.9. The first-order valence-corrected chi connectivity index (χ1v) is 24.5. The van der Waals surface area contributed by atoms with E-state index in [0.717, 1.165) is 51.4 Å². The monoisotopic (exact) mass is 855 g/mol. The van der Waals surface area contributed by atoms with E-state index in [2.05, 4.69) is 38.2 Å². The van der Waals surface area contributed by atoms with Crippen LogP contribution in [0.4, 0.5) is 0 Å². The molecule has 0 aliphatic carbocycles. The summed E-state index contributed by atoms with van der Waals surface area (Å²) in [5.74, 6) is -1.53. The minimum absolute atomic E-state index is 0.0423. The van der Waals surface area contributed by atoms with Crippen LogP contribution >= 0.6 is 0 Å². The zero-order valence-electron chi connectivity index (χ0n) is 39.8. The number of hydrogen-bond acceptors (Lipinski definition) is 6. The second kappa shape index (κ2) is 43.4. The van der Waals surface area contributed by atoms with Gasteiger partial charge in [0.15, 0.2) is 12.1 Å². The lowest BCUT2D eigenvalue weighted by atomic mass is 10.0. The molecule has 2 atom stereocenters. The van der Waals surface area contributed by atoms with Crippen LogP contribution < -0.4 is 0 Å².